The van der Waals surface area contributed by atoms with Crippen molar-refractivity contribution >= 4 is 28.4 Å². The van der Waals surface area contributed by atoms with E-state index < -0.39 is 0 Å². The fraction of sp³-hybridized carbons (Fsp3) is 0. The molecule has 0 unspecified atom stereocenters. The van der Waals surface area contributed by atoms with Gasteiger partial charge in [-0.2, -0.15) is 5.26 Å². The van der Waals surface area contributed by atoms with Gasteiger partial charge in [0.1, 0.15) is 11.1 Å². The Morgan fingerprint density at radius 2 is 2.05 bits per heavy atom. The first-order valence-corrected chi connectivity index (χ1v) is 6.77. The van der Waals surface area contributed by atoms with Crippen LogP contribution in [0.3, 0.4) is 0 Å². The highest BCUT2D eigenvalue weighted by atomic mass is 32.2. The quantitative estimate of drug-likeness (QED) is 0.778. The monoisotopic (exact) mass is 278 g/mol. The topological polar surface area (TPSA) is 75.6 Å². The number of pyridine rings is 2. The molecule has 1 aromatic carbocycles. The average molecular weight is 278 g/mol. The second-order valence-electron chi connectivity index (χ2n) is 4.16. The maximum atomic E-state index is 9.28. The van der Waals surface area contributed by atoms with Gasteiger partial charge in [-0.3, -0.25) is 4.98 Å². The third-order valence-corrected chi connectivity index (χ3v) is 3.92. The van der Waals surface area contributed by atoms with Crippen molar-refractivity contribution in [3.05, 3.63) is 54.4 Å². The standard InChI is InChI=1S/C15H10N4S/c16-8-11-7-10-3-1-2-4-13(10)19-15(11)20-14-5-6-18-9-12(14)17/h1-7,9H,17H2. The second kappa shape index (κ2) is 5.19. The van der Waals surface area contributed by atoms with Gasteiger partial charge in [0.15, 0.2) is 0 Å². The number of anilines is 1. The van der Waals surface area contributed by atoms with Gasteiger partial charge in [0.05, 0.1) is 23.0 Å². The lowest BCUT2D eigenvalue weighted by Crippen LogP contribution is -1.92. The summed E-state index contributed by atoms with van der Waals surface area (Å²) in [6.07, 6.45) is 3.27. The lowest BCUT2D eigenvalue weighted by atomic mass is 10.2. The molecule has 0 aliphatic carbocycles. The molecule has 2 aromatic heterocycles. The minimum atomic E-state index is 0.546. The van der Waals surface area contributed by atoms with Crippen molar-refractivity contribution in [3.63, 3.8) is 0 Å². The van der Waals surface area contributed by atoms with Gasteiger partial charge in [-0.15, -0.1) is 0 Å². The molecule has 0 spiro atoms. The lowest BCUT2D eigenvalue weighted by molar-refractivity contribution is 1.15. The first kappa shape index (κ1) is 12.5. The van der Waals surface area contributed by atoms with Crippen LogP contribution in [0.15, 0.2) is 58.7 Å². The Bertz CT molecular complexity index is 823. The molecular weight excluding hydrogens is 268 g/mol. The maximum absolute atomic E-state index is 9.28. The average Bonchev–Trinajstić information content (AvgIpc) is 2.49. The molecule has 0 aliphatic rings. The van der Waals surface area contributed by atoms with E-state index in [0.717, 1.165) is 15.8 Å². The maximum Gasteiger partial charge on any atom is 0.119 e. The van der Waals surface area contributed by atoms with Gasteiger partial charge < -0.3 is 5.73 Å². The number of fused-ring (bicyclic) bond motifs is 1. The van der Waals surface area contributed by atoms with Gasteiger partial charge >= 0.3 is 0 Å². The summed E-state index contributed by atoms with van der Waals surface area (Å²) in [6.45, 7) is 0. The molecule has 4 nitrogen and oxygen atoms in total. The summed E-state index contributed by atoms with van der Waals surface area (Å²) in [5.74, 6) is 0. The molecule has 2 heterocycles. The Labute approximate surface area is 120 Å². The van der Waals surface area contributed by atoms with Crippen molar-refractivity contribution < 1.29 is 0 Å². The van der Waals surface area contributed by atoms with Crippen LogP contribution in [0.5, 0.6) is 0 Å². The highest BCUT2D eigenvalue weighted by Gasteiger charge is 2.10. The minimum Gasteiger partial charge on any atom is -0.397 e. The van der Waals surface area contributed by atoms with Crippen LogP contribution < -0.4 is 5.73 Å². The Kier molecular flexibility index (Phi) is 3.23. The van der Waals surface area contributed by atoms with Gasteiger partial charge in [0, 0.05) is 16.5 Å². The molecule has 0 fully saturated rings. The second-order valence-corrected chi connectivity index (χ2v) is 5.19. The summed E-state index contributed by atoms with van der Waals surface area (Å²) < 4.78 is 0. The van der Waals surface area contributed by atoms with Crippen LogP contribution in [0, 0.1) is 11.3 Å². The number of para-hydroxylation sites is 1. The van der Waals surface area contributed by atoms with E-state index in [4.69, 9.17) is 5.73 Å². The highest BCUT2D eigenvalue weighted by Crippen LogP contribution is 2.33. The van der Waals surface area contributed by atoms with Gasteiger partial charge in [-0.05, 0) is 18.2 Å². The van der Waals surface area contributed by atoms with Crippen LogP contribution in [0.25, 0.3) is 10.9 Å². The normalized spacial score (nSPS) is 10.3. The number of nitrogen functional groups attached to an aromatic ring is 1. The molecule has 96 valence electrons. The Morgan fingerprint density at radius 3 is 2.85 bits per heavy atom. The van der Waals surface area contributed by atoms with Gasteiger partial charge in [0.25, 0.3) is 0 Å². The molecule has 3 rings (SSSR count). The van der Waals surface area contributed by atoms with Gasteiger partial charge in [-0.1, -0.05) is 30.0 Å². The summed E-state index contributed by atoms with van der Waals surface area (Å²) in [7, 11) is 0. The number of nitriles is 1. The molecule has 0 atom stereocenters. The Morgan fingerprint density at radius 1 is 1.20 bits per heavy atom. The van der Waals surface area contributed by atoms with E-state index in [1.54, 1.807) is 12.4 Å². The summed E-state index contributed by atoms with van der Waals surface area (Å²) in [6, 6.07) is 13.6. The predicted molar refractivity (Wildman–Crippen MR) is 79.2 cm³/mol. The van der Waals surface area contributed by atoms with Crippen LogP contribution in [-0.4, -0.2) is 9.97 Å². The zero-order valence-corrected chi connectivity index (χ0v) is 11.3. The number of aromatic nitrogens is 2. The summed E-state index contributed by atoms with van der Waals surface area (Å²) in [5.41, 5.74) is 7.87. The molecule has 0 bridgehead atoms. The van der Waals surface area contributed by atoms with Crippen molar-refractivity contribution in [2.75, 3.05) is 5.73 Å². The number of benzene rings is 1. The van der Waals surface area contributed by atoms with E-state index in [1.165, 1.54) is 11.8 Å². The van der Waals surface area contributed by atoms with Gasteiger partial charge in [-0.25, -0.2) is 4.98 Å². The van der Waals surface area contributed by atoms with E-state index in [-0.39, 0.29) is 0 Å². The van der Waals surface area contributed by atoms with E-state index in [2.05, 4.69) is 16.0 Å². The van der Waals surface area contributed by atoms with Crippen molar-refractivity contribution in [2.45, 2.75) is 9.92 Å². The fourth-order valence-corrected chi connectivity index (χ4v) is 2.71. The number of rotatable bonds is 2. The predicted octanol–water partition coefficient (Wildman–Crippen LogP) is 3.23. The highest BCUT2D eigenvalue weighted by molar-refractivity contribution is 7.99. The van der Waals surface area contributed by atoms with E-state index >= 15 is 0 Å². The van der Waals surface area contributed by atoms with Crippen molar-refractivity contribution in [1.82, 2.24) is 9.97 Å². The van der Waals surface area contributed by atoms with Gasteiger partial charge in [0.2, 0.25) is 0 Å². The molecule has 0 aliphatic heterocycles. The van der Waals surface area contributed by atoms with Crippen molar-refractivity contribution in [1.29, 1.82) is 5.26 Å². The smallest absolute Gasteiger partial charge is 0.119 e. The number of nitrogens with zero attached hydrogens (tertiary/aromatic N) is 3. The van der Waals surface area contributed by atoms with Crippen LogP contribution >= 0.6 is 11.8 Å². The summed E-state index contributed by atoms with van der Waals surface area (Å²) in [4.78, 5) is 9.35. The Balaban J connectivity index is 2.11. The number of hydrogen-bond acceptors (Lipinski definition) is 5. The SMILES string of the molecule is N#Cc1cc2ccccc2nc1Sc1ccncc1N. The third kappa shape index (κ3) is 2.29. The molecule has 0 saturated carbocycles. The minimum absolute atomic E-state index is 0.546. The zero-order chi connectivity index (χ0) is 13.9. The molecule has 20 heavy (non-hydrogen) atoms. The Hall–Kier alpha value is -2.58. The fourth-order valence-electron chi connectivity index (χ4n) is 1.85. The summed E-state index contributed by atoms with van der Waals surface area (Å²) in [5, 5.41) is 10.9. The van der Waals surface area contributed by atoms with Crippen LogP contribution in [0.4, 0.5) is 5.69 Å². The number of nitrogens with two attached hydrogens (primary N) is 1. The van der Waals surface area contributed by atoms with Crippen molar-refractivity contribution in [2.24, 2.45) is 0 Å². The van der Waals surface area contributed by atoms with E-state index in [0.29, 0.717) is 16.3 Å². The molecule has 5 heteroatoms. The lowest BCUT2D eigenvalue weighted by Gasteiger charge is -2.07. The molecule has 0 radical (unpaired) electrons. The molecule has 2 N–H and O–H groups in total. The van der Waals surface area contributed by atoms with Crippen LogP contribution in [0.2, 0.25) is 0 Å². The molecule has 3 aromatic rings. The zero-order valence-electron chi connectivity index (χ0n) is 10.4. The van der Waals surface area contributed by atoms with Crippen LogP contribution in [0.1, 0.15) is 5.56 Å². The largest absolute Gasteiger partial charge is 0.397 e. The van der Waals surface area contributed by atoms with E-state index in [9.17, 15) is 5.26 Å². The first-order chi connectivity index (χ1) is 9.78. The molecule has 0 saturated heterocycles. The molecule has 0 amide bonds. The third-order valence-electron chi connectivity index (χ3n) is 2.83. The first-order valence-electron chi connectivity index (χ1n) is 5.95. The summed E-state index contributed by atoms with van der Waals surface area (Å²) >= 11 is 1.38. The van der Waals surface area contributed by atoms with Crippen LogP contribution in [-0.2, 0) is 0 Å². The van der Waals surface area contributed by atoms with E-state index in [1.807, 2.05) is 36.4 Å². The van der Waals surface area contributed by atoms with Crippen molar-refractivity contribution in [3.8, 4) is 6.07 Å². The molecular formula is C15H10N4S. The number of hydrogen-bond donors (Lipinski definition) is 1.